The quantitative estimate of drug-likeness (QED) is 0.595. The van der Waals surface area contributed by atoms with Gasteiger partial charge < -0.3 is 10.6 Å². The third-order valence-electron chi connectivity index (χ3n) is 3.75. The first kappa shape index (κ1) is 20.4. The molecule has 1 aromatic heterocycles. The summed E-state index contributed by atoms with van der Waals surface area (Å²) in [6.07, 6.45) is 0. The highest BCUT2D eigenvalue weighted by Crippen LogP contribution is 2.18. The number of hydrogen-bond acceptors (Lipinski definition) is 5. The molecule has 0 atom stereocenters. The first-order chi connectivity index (χ1) is 13.9. The van der Waals surface area contributed by atoms with Crippen LogP contribution < -0.4 is 10.6 Å². The number of aromatic nitrogens is 2. The van der Waals surface area contributed by atoms with Crippen LogP contribution in [-0.4, -0.2) is 27.8 Å². The molecular weight excluding hydrogens is 398 g/mol. The lowest BCUT2D eigenvalue weighted by Gasteiger charge is -2.07. The largest absolute Gasteiger partial charge is 0.323 e. The van der Waals surface area contributed by atoms with Gasteiger partial charge in [0, 0.05) is 11.6 Å². The van der Waals surface area contributed by atoms with E-state index >= 15 is 0 Å². The number of nitrogens with one attached hydrogen (secondary N) is 2. The first-order valence-corrected chi connectivity index (χ1v) is 9.49. The Kier molecular flexibility index (Phi) is 6.50. The maximum atomic E-state index is 13.5. The summed E-state index contributed by atoms with van der Waals surface area (Å²) in [4.78, 5) is 24.1. The van der Waals surface area contributed by atoms with E-state index < -0.39 is 17.5 Å². The Morgan fingerprint density at radius 1 is 0.966 bits per heavy atom. The van der Waals surface area contributed by atoms with Crippen molar-refractivity contribution in [2.75, 3.05) is 16.4 Å². The van der Waals surface area contributed by atoms with Gasteiger partial charge in [0.1, 0.15) is 16.7 Å². The number of halogens is 2. The highest BCUT2D eigenvalue weighted by molar-refractivity contribution is 7.99. The van der Waals surface area contributed by atoms with Crippen molar-refractivity contribution in [3.05, 3.63) is 77.4 Å². The third-order valence-corrected chi connectivity index (χ3v) is 4.67. The summed E-state index contributed by atoms with van der Waals surface area (Å²) >= 11 is 1.09. The lowest BCUT2D eigenvalue weighted by molar-refractivity contribution is -0.113. The van der Waals surface area contributed by atoms with E-state index in [9.17, 15) is 18.4 Å². The van der Waals surface area contributed by atoms with Crippen LogP contribution in [0.1, 0.15) is 15.9 Å². The minimum atomic E-state index is -0.850. The minimum Gasteiger partial charge on any atom is -0.323 e. The van der Waals surface area contributed by atoms with Gasteiger partial charge in [0.2, 0.25) is 5.91 Å². The van der Waals surface area contributed by atoms with Crippen molar-refractivity contribution < 1.29 is 18.4 Å². The normalized spacial score (nSPS) is 10.4. The molecule has 0 saturated carbocycles. The van der Waals surface area contributed by atoms with Gasteiger partial charge in [0.25, 0.3) is 5.91 Å². The zero-order valence-corrected chi connectivity index (χ0v) is 16.1. The summed E-state index contributed by atoms with van der Waals surface area (Å²) in [6.45, 7) is 1.93. The van der Waals surface area contributed by atoms with Crippen molar-refractivity contribution in [1.29, 1.82) is 0 Å². The number of carbonyl (C=O) groups excluding carboxylic acids is 2. The molecule has 2 N–H and O–H groups in total. The molecule has 9 heteroatoms. The second-order valence-corrected chi connectivity index (χ2v) is 7.03. The van der Waals surface area contributed by atoms with Crippen LogP contribution in [0.4, 0.5) is 20.3 Å². The summed E-state index contributed by atoms with van der Waals surface area (Å²) in [5.41, 5.74) is 1.45. The Morgan fingerprint density at radius 2 is 1.72 bits per heavy atom. The molecule has 1 heterocycles. The van der Waals surface area contributed by atoms with Crippen LogP contribution in [0, 0.1) is 18.6 Å². The Labute approximate surface area is 169 Å². The number of anilines is 2. The molecule has 3 aromatic rings. The summed E-state index contributed by atoms with van der Waals surface area (Å²) in [5, 5.41) is 13.3. The van der Waals surface area contributed by atoms with E-state index in [1.165, 1.54) is 0 Å². The standard InChI is InChI=1S/C20H16F2N4O2S/c1-12-2-4-13(5-3-12)20(28)24-17-8-9-19(26-25-17)29-11-18(27)23-16-7-6-14(21)10-15(16)22/h2-10H,11H2,1H3,(H,23,27)(H,24,25,28). The maximum Gasteiger partial charge on any atom is 0.256 e. The molecule has 0 radical (unpaired) electrons. The average Bonchev–Trinajstić information content (AvgIpc) is 2.70. The van der Waals surface area contributed by atoms with E-state index in [-0.39, 0.29) is 23.2 Å². The molecule has 0 aliphatic carbocycles. The number of thioether (sulfide) groups is 1. The monoisotopic (exact) mass is 414 g/mol. The van der Waals surface area contributed by atoms with E-state index in [1.807, 2.05) is 19.1 Å². The molecule has 6 nitrogen and oxygen atoms in total. The number of benzene rings is 2. The van der Waals surface area contributed by atoms with Gasteiger partial charge in [-0.3, -0.25) is 9.59 Å². The molecule has 2 aromatic carbocycles. The first-order valence-electron chi connectivity index (χ1n) is 8.50. The number of aryl methyl sites for hydroxylation is 1. The molecule has 0 spiro atoms. The molecule has 2 amide bonds. The zero-order chi connectivity index (χ0) is 20.8. The fraction of sp³-hybridized carbons (Fsp3) is 0.100. The van der Waals surface area contributed by atoms with Gasteiger partial charge in [-0.1, -0.05) is 29.5 Å². The van der Waals surface area contributed by atoms with Gasteiger partial charge in [0.15, 0.2) is 5.82 Å². The lowest BCUT2D eigenvalue weighted by Crippen LogP contribution is -2.15. The van der Waals surface area contributed by atoms with E-state index in [0.29, 0.717) is 16.7 Å². The number of nitrogens with zero attached hydrogens (tertiary/aromatic N) is 2. The van der Waals surface area contributed by atoms with Gasteiger partial charge in [-0.15, -0.1) is 10.2 Å². The molecule has 0 unspecified atom stereocenters. The number of rotatable bonds is 6. The van der Waals surface area contributed by atoms with E-state index in [0.717, 1.165) is 29.5 Å². The predicted molar refractivity (Wildman–Crippen MR) is 107 cm³/mol. The molecule has 29 heavy (non-hydrogen) atoms. The Morgan fingerprint density at radius 3 is 2.38 bits per heavy atom. The van der Waals surface area contributed by atoms with Gasteiger partial charge >= 0.3 is 0 Å². The zero-order valence-electron chi connectivity index (χ0n) is 15.3. The molecular formula is C20H16F2N4O2S. The second kappa shape index (κ2) is 9.24. The van der Waals surface area contributed by atoms with Crippen LogP contribution >= 0.6 is 11.8 Å². The van der Waals surface area contributed by atoms with Crippen molar-refractivity contribution in [3.8, 4) is 0 Å². The van der Waals surface area contributed by atoms with Crippen LogP contribution in [0.25, 0.3) is 0 Å². The number of hydrogen-bond donors (Lipinski definition) is 2. The van der Waals surface area contributed by atoms with Crippen LogP contribution in [0.3, 0.4) is 0 Å². The van der Waals surface area contributed by atoms with Crippen molar-refractivity contribution in [2.45, 2.75) is 11.9 Å². The highest BCUT2D eigenvalue weighted by Gasteiger charge is 2.10. The van der Waals surface area contributed by atoms with Crippen LogP contribution in [0.2, 0.25) is 0 Å². The maximum absolute atomic E-state index is 13.5. The smallest absolute Gasteiger partial charge is 0.256 e. The fourth-order valence-corrected chi connectivity index (χ4v) is 2.89. The van der Waals surface area contributed by atoms with Gasteiger partial charge in [-0.2, -0.15) is 0 Å². The summed E-state index contributed by atoms with van der Waals surface area (Å²) in [7, 11) is 0. The van der Waals surface area contributed by atoms with Crippen LogP contribution in [0.15, 0.2) is 59.6 Å². The van der Waals surface area contributed by atoms with Gasteiger partial charge in [-0.05, 0) is 43.3 Å². The fourth-order valence-electron chi connectivity index (χ4n) is 2.27. The number of carbonyl (C=O) groups is 2. The molecule has 0 aliphatic heterocycles. The average molecular weight is 414 g/mol. The summed E-state index contributed by atoms with van der Waals surface area (Å²) in [5.74, 6) is -2.12. The van der Waals surface area contributed by atoms with Crippen LogP contribution in [0.5, 0.6) is 0 Å². The van der Waals surface area contributed by atoms with Crippen molar-refractivity contribution in [2.24, 2.45) is 0 Å². The summed E-state index contributed by atoms with van der Waals surface area (Å²) in [6, 6.07) is 13.2. The Bertz CT molecular complexity index is 1030. The lowest BCUT2D eigenvalue weighted by atomic mass is 10.1. The van der Waals surface area contributed by atoms with Gasteiger partial charge in [0.05, 0.1) is 11.4 Å². The van der Waals surface area contributed by atoms with Crippen LogP contribution in [-0.2, 0) is 4.79 Å². The minimum absolute atomic E-state index is 0.0411. The Hall–Kier alpha value is -3.33. The van der Waals surface area contributed by atoms with Crippen molar-refractivity contribution >= 4 is 35.1 Å². The number of amides is 2. The predicted octanol–water partition coefficient (Wildman–Crippen LogP) is 4.05. The van der Waals surface area contributed by atoms with E-state index in [1.54, 1.807) is 24.3 Å². The molecule has 148 valence electrons. The summed E-state index contributed by atoms with van der Waals surface area (Å²) < 4.78 is 26.4. The van der Waals surface area contributed by atoms with Crippen molar-refractivity contribution in [1.82, 2.24) is 10.2 Å². The molecule has 0 aliphatic rings. The SMILES string of the molecule is Cc1ccc(C(=O)Nc2ccc(SCC(=O)Nc3ccc(F)cc3F)nn2)cc1. The van der Waals surface area contributed by atoms with Gasteiger partial charge in [-0.25, -0.2) is 8.78 Å². The Balaban J connectivity index is 1.51. The molecule has 3 rings (SSSR count). The molecule has 0 fully saturated rings. The third kappa shape index (κ3) is 5.82. The highest BCUT2D eigenvalue weighted by atomic mass is 32.2. The molecule has 0 bridgehead atoms. The van der Waals surface area contributed by atoms with E-state index in [2.05, 4.69) is 20.8 Å². The van der Waals surface area contributed by atoms with Crippen molar-refractivity contribution in [3.63, 3.8) is 0 Å². The topological polar surface area (TPSA) is 84.0 Å². The van der Waals surface area contributed by atoms with E-state index in [4.69, 9.17) is 0 Å². The molecule has 0 saturated heterocycles. The second-order valence-electron chi connectivity index (χ2n) is 6.04.